The van der Waals surface area contributed by atoms with Gasteiger partial charge in [0, 0.05) is 0 Å². The Labute approximate surface area is 92.7 Å². The summed E-state index contributed by atoms with van der Waals surface area (Å²) >= 11 is 0. The van der Waals surface area contributed by atoms with Gasteiger partial charge < -0.3 is 20.3 Å². The molecular weight excluding hydrogens is 194 g/mol. The third-order valence-electron chi connectivity index (χ3n) is 2.02. The maximum Gasteiger partial charge on any atom is 0.160 e. The van der Waals surface area contributed by atoms with Gasteiger partial charge in [0.1, 0.15) is 5.72 Å². The fraction of sp³-hybridized carbons (Fsp3) is 1.00. The molecule has 0 aromatic heterocycles. The van der Waals surface area contributed by atoms with E-state index in [1.165, 1.54) is 0 Å². The summed E-state index contributed by atoms with van der Waals surface area (Å²) in [5.41, 5.74) is 5.03. The van der Waals surface area contributed by atoms with Crippen molar-refractivity contribution in [1.82, 2.24) is 0 Å². The second-order valence-electron chi connectivity index (χ2n) is 4.66. The van der Waals surface area contributed by atoms with Gasteiger partial charge in [-0.25, -0.2) is 0 Å². The molecule has 0 spiro atoms. The SMILES string of the molecule is CCC(OC(CO)C(C)C)OC(C)(C)N. The lowest BCUT2D eigenvalue weighted by atomic mass is 10.1. The number of rotatable bonds is 7. The van der Waals surface area contributed by atoms with Crippen LogP contribution in [0.1, 0.15) is 41.0 Å². The largest absolute Gasteiger partial charge is 0.394 e. The zero-order valence-corrected chi connectivity index (χ0v) is 10.5. The molecule has 0 aromatic carbocycles. The predicted octanol–water partition coefficient (Wildman–Crippen LogP) is 1.47. The van der Waals surface area contributed by atoms with Crippen LogP contribution in [0.2, 0.25) is 0 Å². The average molecular weight is 219 g/mol. The van der Waals surface area contributed by atoms with Gasteiger partial charge in [-0.05, 0) is 26.2 Å². The van der Waals surface area contributed by atoms with Crippen LogP contribution in [-0.2, 0) is 9.47 Å². The van der Waals surface area contributed by atoms with E-state index in [1.54, 1.807) is 13.8 Å². The summed E-state index contributed by atoms with van der Waals surface area (Å²) in [7, 11) is 0. The Morgan fingerprint density at radius 2 is 1.87 bits per heavy atom. The molecule has 0 fully saturated rings. The van der Waals surface area contributed by atoms with Crippen molar-refractivity contribution in [3.05, 3.63) is 0 Å². The predicted molar refractivity (Wildman–Crippen MR) is 60.2 cm³/mol. The molecule has 0 saturated carbocycles. The highest BCUT2D eigenvalue weighted by Gasteiger charge is 2.23. The Morgan fingerprint density at radius 1 is 1.33 bits per heavy atom. The molecule has 92 valence electrons. The van der Waals surface area contributed by atoms with Crippen molar-refractivity contribution in [2.24, 2.45) is 11.7 Å². The summed E-state index contributed by atoms with van der Waals surface area (Å²) < 4.78 is 11.1. The van der Waals surface area contributed by atoms with Crippen molar-refractivity contribution < 1.29 is 14.6 Å². The molecule has 0 radical (unpaired) electrons. The van der Waals surface area contributed by atoms with Crippen molar-refractivity contribution in [3.63, 3.8) is 0 Å². The highest BCUT2D eigenvalue weighted by atomic mass is 16.7. The minimum Gasteiger partial charge on any atom is -0.394 e. The summed E-state index contributed by atoms with van der Waals surface area (Å²) in [5, 5.41) is 9.13. The molecule has 2 atom stereocenters. The van der Waals surface area contributed by atoms with E-state index in [0.717, 1.165) is 0 Å². The molecule has 0 amide bonds. The van der Waals surface area contributed by atoms with Crippen molar-refractivity contribution >= 4 is 0 Å². The second-order valence-corrected chi connectivity index (χ2v) is 4.66. The van der Waals surface area contributed by atoms with E-state index >= 15 is 0 Å². The molecule has 0 aliphatic heterocycles. The zero-order valence-electron chi connectivity index (χ0n) is 10.5. The molecule has 2 unspecified atom stereocenters. The molecule has 0 aromatic rings. The van der Waals surface area contributed by atoms with Crippen molar-refractivity contribution in [3.8, 4) is 0 Å². The van der Waals surface area contributed by atoms with E-state index in [2.05, 4.69) is 0 Å². The topological polar surface area (TPSA) is 64.7 Å². The van der Waals surface area contributed by atoms with Gasteiger partial charge in [0.2, 0.25) is 0 Å². The number of aliphatic hydroxyl groups excluding tert-OH is 1. The summed E-state index contributed by atoms with van der Waals surface area (Å²) in [4.78, 5) is 0. The first kappa shape index (κ1) is 14.8. The molecule has 15 heavy (non-hydrogen) atoms. The maximum absolute atomic E-state index is 9.13. The van der Waals surface area contributed by atoms with E-state index in [1.807, 2.05) is 20.8 Å². The minimum absolute atomic E-state index is 0.00251. The van der Waals surface area contributed by atoms with Gasteiger partial charge in [0.15, 0.2) is 6.29 Å². The summed E-state index contributed by atoms with van der Waals surface area (Å²) in [6.45, 7) is 9.53. The molecule has 0 bridgehead atoms. The summed E-state index contributed by atoms with van der Waals surface area (Å²) in [6.07, 6.45) is 0.158. The van der Waals surface area contributed by atoms with Gasteiger partial charge >= 0.3 is 0 Å². The van der Waals surface area contributed by atoms with Crippen LogP contribution in [-0.4, -0.2) is 29.8 Å². The van der Waals surface area contributed by atoms with E-state index in [9.17, 15) is 0 Å². The second kappa shape index (κ2) is 6.43. The fourth-order valence-corrected chi connectivity index (χ4v) is 1.15. The molecular formula is C11H25NO3. The molecule has 4 nitrogen and oxygen atoms in total. The number of ether oxygens (including phenoxy) is 2. The van der Waals surface area contributed by atoms with Gasteiger partial charge in [-0.2, -0.15) is 0 Å². The third kappa shape index (κ3) is 6.84. The van der Waals surface area contributed by atoms with Crippen molar-refractivity contribution in [1.29, 1.82) is 0 Å². The quantitative estimate of drug-likeness (QED) is 0.636. The molecule has 0 heterocycles. The van der Waals surface area contributed by atoms with Crippen LogP contribution in [0.15, 0.2) is 0 Å². The van der Waals surface area contributed by atoms with Crippen LogP contribution in [0.3, 0.4) is 0 Å². The minimum atomic E-state index is -0.711. The van der Waals surface area contributed by atoms with Gasteiger partial charge in [0.05, 0.1) is 12.7 Å². The third-order valence-corrected chi connectivity index (χ3v) is 2.02. The zero-order chi connectivity index (χ0) is 12.1. The number of hydrogen-bond donors (Lipinski definition) is 2. The van der Waals surface area contributed by atoms with Crippen LogP contribution in [0, 0.1) is 5.92 Å². The van der Waals surface area contributed by atoms with Crippen LogP contribution >= 0.6 is 0 Å². The first-order chi connectivity index (χ1) is 6.80. The van der Waals surface area contributed by atoms with Gasteiger partial charge in [0.25, 0.3) is 0 Å². The van der Waals surface area contributed by atoms with Crippen molar-refractivity contribution in [2.75, 3.05) is 6.61 Å². The molecule has 4 heteroatoms. The smallest absolute Gasteiger partial charge is 0.160 e. The Kier molecular flexibility index (Phi) is 6.36. The first-order valence-electron chi connectivity index (χ1n) is 5.53. The molecule has 0 rings (SSSR count). The molecule has 0 saturated heterocycles. The monoisotopic (exact) mass is 219 g/mol. The summed E-state index contributed by atoms with van der Waals surface area (Å²) in [6, 6.07) is 0. The van der Waals surface area contributed by atoms with Gasteiger partial charge in [-0.1, -0.05) is 20.8 Å². The van der Waals surface area contributed by atoms with Gasteiger partial charge in [-0.15, -0.1) is 0 Å². The Hall–Kier alpha value is -0.160. The number of aliphatic hydroxyl groups is 1. The van der Waals surface area contributed by atoms with Crippen LogP contribution in [0.25, 0.3) is 0 Å². The number of hydrogen-bond acceptors (Lipinski definition) is 4. The molecule has 3 N–H and O–H groups in total. The lowest BCUT2D eigenvalue weighted by Gasteiger charge is -2.30. The molecule has 0 aliphatic rings. The number of nitrogens with two attached hydrogens (primary N) is 1. The van der Waals surface area contributed by atoms with E-state index < -0.39 is 5.72 Å². The Balaban J connectivity index is 4.19. The van der Waals surface area contributed by atoms with E-state index in [4.69, 9.17) is 20.3 Å². The first-order valence-corrected chi connectivity index (χ1v) is 5.53. The van der Waals surface area contributed by atoms with Crippen LogP contribution < -0.4 is 5.73 Å². The highest BCUT2D eigenvalue weighted by molar-refractivity contribution is 4.64. The van der Waals surface area contributed by atoms with E-state index in [-0.39, 0.29) is 24.9 Å². The lowest BCUT2D eigenvalue weighted by Crippen LogP contribution is -2.42. The highest BCUT2D eigenvalue weighted by Crippen LogP contribution is 2.15. The Morgan fingerprint density at radius 3 is 2.13 bits per heavy atom. The van der Waals surface area contributed by atoms with Gasteiger partial charge in [-0.3, -0.25) is 0 Å². The van der Waals surface area contributed by atoms with Crippen LogP contribution in [0.5, 0.6) is 0 Å². The normalized spacial score (nSPS) is 16.8. The maximum atomic E-state index is 9.13. The molecule has 0 aliphatic carbocycles. The van der Waals surface area contributed by atoms with Crippen molar-refractivity contribution in [2.45, 2.75) is 59.2 Å². The van der Waals surface area contributed by atoms with Crippen LogP contribution in [0.4, 0.5) is 0 Å². The Bertz CT molecular complexity index is 166. The fourth-order valence-electron chi connectivity index (χ4n) is 1.15. The lowest BCUT2D eigenvalue weighted by molar-refractivity contribution is -0.230. The summed E-state index contributed by atoms with van der Waals surface area (Å²) in [5.74, 6) is 0.258. The standard InChI is InChI=1S/C11H25NO3/c1-6-10(15-11(4,5)12)14-9(7-13)8(2)3/h8-10,13H,6-7,12H2,1-5H3. The average Bonchev–Trinajstić information content (AvgIpc) is 2.09. The van der Waals surface area contributed by atoms with E-state index in [0.29, 0.717) is 6.42 Å².